The fourth-order valence-electron chi connectivity index (χ4n) is 3.11. The van der Waals surface area contributed by atoms with E-state index in [4.69, 9.17) is 4.74 Å². The van der Waals surface area contributed by atoms with Crippen molar-refractivity contribution in [1.29, 1.82) is 0 Å². The van der Waals surface area contributed by atoms with Gasteiger partial charge in [0.15, 0.2) is 5.82 Å². The molecule has 3 rings (SSSR count). The largest absolute Gasteiger partial charge is 0.378 e. The topological polar surface area (TPSA) is 52.0 Å². The lowest BCUT2D eigenvalue weighted by Gasteiger charge is -2.22. The Kier molecular flexibility index (Phi) is 4.10. The Balaban J connectivity index is 1.72. The Morgan fingerprint density at radius 1 is 1.33 bits per heavy atom. The molecule has 1 aliphatic heterocycles. The van der Waals surface area contributed by atoms with Gasteiger partial charge in [0.2, 0.25) is 0 Å². The van der Waals surface area contributed by atoms with Crippen molar-refractivity contribution in [1.82, 2.24) is 14.8 Å². The third-order valence-electron chi connectivity index (χ3n) is 4.43. The normalized spacial score (nSPS) is 19.1. The molecule has 2 aromatic rings. The molecular formula is C16H24N4O. The van der Waals surface area contributed by atoms with E-state index in [9.17, 15) is 0 Å². The summed E-state index contributed by atoms with van der Waals surface area (Å²) >= 11 is 0. The van der Waals surface area contributed by atoms with Gasteiger partial charge >= 0.3 is 0 Å². The predicted molar refractivity (Wildman–Crippen MR) is 84.7 cm³/mol. The average Bonchev–Trinajstić information content (AvgIpc) is 2.79. The third kappa shape index (κ3) is 2.88. The van der Waals surface area contributed by atoms with Crippen molar-refractivity contribution in [3.63, 3.8) is 0 Å². The Bertz CT molecular complexity index is 629. The molecule has 2 aromatic heterocycles. The van der Waals surface area contributed by atoms with Gasteiger partial charge in [-0.2, -0.15) is 5.10 Å². The molecule has 0 bridgehead atoms. The minimum absolute atomic E-state index is 0.401. The number of nitrogens with one attached hydrogen (secondary N) is 1. The van der Waals surface area contributed by atoms with Crippen LogP contribution in [0.4, 0.5) is 5.82 Å². The van der Waals surface area contributed by atoms with Crippen LogP contribution in [-0.4, -0.2) is 34.0 Å². The summed E-state index contributed by atoms with van der Waals surface area (Å²) in [6.45, 7) is 5.93. The number of anilines is 1. The van der Waals surface area contributed by atoms with E-state index >= 15 is 0 Å². The van der Waals surface area contributed by atoms with Crippen molar-refractivity contribution in [2.24, 2.45) is 7.05 Å². The molecular weight excluding hydrogens is 264 g/mol. The summed E-state index contributed by atoms with van der Waals surface area (Å²) in [5.41, 5.74) is 2.22. The molecule has 0 aromatic carbocycles. The fraction of sp³-hybridized carbons (Fsp3) is 0.625. The predicted octanol–water partition coefficient (Wildman–Crippen LogP) is 2.96. The summed E-state index contributed by atoms with van der Waals surface area (Å²) in [6, 6.07) is 0. The maximum atomic E-state index is 5.77. The van der Waals surface area contributed by atoms with Gasteiger partial charge < -0.3 is 14.6 Å². The number of rotatable bonds is 4. The first kappa shape index (κ1) is 14.3. The molecule has 0 amide bonds. The molecule has 1 fully saturated rings. The van der Waals surface area contributed by atoms with Crippen molar-refractivity contribution in [3.05, 3.63) is 17.6 Å². The Hall–Kier alpha value is -1.62. The smallest absolute Gasteiger partial charge is 0.158 e. The summed E-state index contributed by atoms with van der Waals surface area (Å²) < 4.78 is 7.90. The van der Waals surface area contributed by atoms with Crippen molar-refractivity contribution in [2.45, 2.75) is 45.6 Å². The fourth-order valence-corrected chi connectivity index (χ4v) is 3.11. The van der Waals surface area contributed by atoms with Gasteiger partial charge in [-0.05, 0) is 39.5 Å². The van der Waals surface area contributed by atoms with Gasteiger partial charge in [-0.25, -0.2) is 0 Å². The summed E-state index contributed by atoms with van der Waals surface area (Å²) in [6.07, 6.45) is 7.24. The van der Waals surface area contributed by atoms with Crippen LogP contribution in [0.5, 0.6) is 0 Å². The molecule has 0 radical (unpaired) electrons. The second-order valence-corrected chi connectivity index (χ2v) is 5.95. The highest BCUT2D eigenvalue weighted by Gasteiger charge is 2.15. The van der Waals surface area contributed by atoms with Gasteiger partial charge in [-0.15, -0.1) is 5.10 Å². The number of hydrogen-bond donors (Lipinski definition) is 1. The summed E-state index contributed by atoms with van der Waals surface area (Å²) in [5.74, 6) is 0.884. The van der Waals surface area contributed by atoms with Crippen molar-refractivity contribution < 1.29 is 4.74 Å². The zero-order valence-corrected chi connectivity index (χ0v) is 13.1. The second-order valence-electron chi connectivity index (χ2n) is 5.95. The monoisotopic (exact) mass is 288 g/mol. The first-order valence-electron chi connectivity index (χ1n) is 7.81. The minimum atomic E-state index is 0.401. The molecule has 114 valence electrons. The van der Waals surface area contributed by atoms with Crippen LogP contribution in [0, 0.1) is 13.8 Å². The molecule has 3 heterocycles. The Labute approximate surface area is 125 Å². The quantitative estimate of drug-likeness (QED) is 0.939. The van der Waals surface area contributed by atoms with Crippen LogP contribution in [0.3, 0.4) is 0 Å². The van der Waals surface area contributed by atoms with Crippen LogP contribution in [0.2, 0.25) is 0 Å². The van der Waals surface area contributed by atoms with Gasteiger partial charge in [-0.3, -0.25) is 0 Å². The van der Waals surface area contributed by atoms with Gasteiger partial charge in [0.25, 0.3) is 0 Å². The number of ether oxygens (including phenoxy) is 1. The van der Waals surface area contributed by atoms with Crippen LogP contribution in [0.1, 0.15) is 37.1 Å². The van der Waals surface area contributed by atoms with E-state index in [1.807, 2.05) is 6.92 Å². The van der Waals surface area contributed by atoms with Gasteiger partial charge in [0, 0.05) is 42.9 Å². The summed E-state index contributed by atoms with van der Waals surface area (Å²) in [5, 5.41) is 14.4. The van der Waals surface area contributed by atoms with Gasteiger partial charge in [-0.1, -0.05) is 0 Å². The van der Waals surface area contributed by atoms with Crippen molar-refractivity contribution >= 4 is 16.6 Å². The lowest BCUT2D eigenvalue weighted by atomic mass is 10.1. The molecule has 1 atom stereocenters. The highest BCUT2D eigenvalue weighted by atomic mass is 16.5. The van der Waals surface area contributed by atoms with E-state index < -0.39 is 0 Å². The first-order valence-corrected chi connectivity index (χ1v) is 7.81. The van der Waals surface area contributed by atoms with Crippen LogP contribution in [0.15, 0.2) is 6.20 Å². The molecule has 1 N–H and O–H groups in total. The minimum Gasteiger partial charge on any atom is -0.378 e. The van der Waals surface area contributed by atoms with E-state index in [0.29, 0.717) is 6.10 Å². The average molecular weight is 288 g/mol. The number of nitrogens with zero attached hydrogens (tertiary/aromatic N) is 3. The van der Waals surface area contributed by atoms with E-state index in [2.05, 4.69) is 40.2 Å². The Morgan fingerprint density at radius 2 is 2.19 bits per heavy atom. The zero-order chi connectivity index (χ0) is 14.8. The highest BCUT2D eigenvalue weighted by Crippen LogP contribution is 2.27. The first-order chi connectivity index (χ1) is 10.2. The van der Waals surface area contributed by atoms with Crippen LogP contribution >= 0.6 is 0 Å². The van der Waals surface area contributed by atoms with Gasteiger partial charge in [0.1, 0.15) is 0 Å². The SMILES string of the molecule is Cc1nnc(NCCC2CCCCO2)c2cn(C)c(C)c12. The number of aromatic nitrogens is 3. The van der Waals surface area contributed by atoms with Gasteiger partial charge in [0.05, 0.1) is 11.8 Å². The lowest BCUT2D eigenvalue weighted by molar-refractivity contribution is 0.0134. The highest BCUT2D eigenvalue weighted by molar-refractivity contribution is 5.95. The number of fused-ring (bicyclic) bond motifs is 1. The van der Waals surface area contributed by atoms with Crippen LogP contribution < -0.4 is 5.32 Å². The number of hydrogen-bond acceptors (Lipinski definition) is 4. The molecule has 21 heavy (non-hydrogen) atoms. The van der Waals surface area contributed by atoms with E-state index in [-0.39, 0.29) is 0 Å². The van der Waals surface area contributed by atoms with Crippen LogP contribution in [0.25, 0.3) is 10.8 Å². The zero-order valence-electron chi connectivity index (χ0n) is 13.1. The standard InChI is InChI=1S/C16H24N4O/c1-11-15-12(2)20(3)10-14(15)16(19-18-11)17-8-7-13-6-4-5-9-21-13/h10,13H,4-9H2,1-3H3,(H,17,19). The lowest BCUT2D eigenvalue weighted by Crippen LogP contribution is -2.22. The summed E-state index contributed by atoms with van der Waals surface area (Å²) in [4.78, 5) is 0. The molecule has 1 saturated heterocycles. The molecule has 0 spiro atoms. The summed E-state index contributed by atoms with van der Waals surface area (Å²) in [7, 11) is 2.06. The van der Waals surface area contributed by atoms with E-state index in [0.717, 1.165) is 36.5 Å². The van der Waals surface area contributed by atoms with Crippen LogP contribution in [-0.2, 0) is 11.8 Å². The molecule has 5 nitrogen and oxygen atoms in total. The number of aryl methyl sites for hydroxylation is 3. The third-order valence-corrected chi connectivity index (χ3v) is 4.43. The molecule has 0 saturated carbocycles. The van der Waals surface area contributed by atoms with Crippen molar-refractivity contribution in [2.75, 3.05) is 18.5 Å². The van der Waals surface area contributed by atoms with E-state index in [1.165, 1.54) is 30.3 Å². The molecule has 5 heteroatoms. The van der Waals surface area contributed by atoms with E-state index in [1.54, 1.807) is 0 Å². The maximum Gasteiger partial charge on any atom is 0.158 e. The molecule has 1 aliphatic rings. The van der Waals surface area contributed by atoms with Crippen molar-refractivity contribution in [3.8, 4) is 0 Å². The molecule has 1 unspecified atom stereocenters. The molecule has 0 aliphatic carbocycles. The maximum absolute atomic E-state index is 5.77. The second kappa shape index (κ2) is 6.02. The Morgan fingerprint density at radius 3 is 2.95 bits per heavy atom.